The second-order valence-corrected chi connectivity index (χ2v) is 2.92. The summed E-state index contributed by atoms with van der Waals surface area (Å²) in [7, 11) is -4.67. The molecule has 0 radical (unpaired) electrons. The predicted octanol–water partition coefficient (Wildman–Crippen LogP) is -0.667. The average Bonchev–Trinajstić information content (AvgIpc) is 1.61. The van der Waals surface area contributed by atoms with Crippen LogP contribution < -0.4 is 0 Å². The van der Waals surface area contributed by atoms with Crippen molar-refractivity contribution in [2.45, 2.75) is 13.8 Å². The van der Waals surface area contributed by atoms with Crippen LogP contribution in [0, 0.1) is 5.92 Å². The van der Waals surface area contributed by atoms with Gasteiger partial charge in [0.1, 0.15) is 0 Å². The summed E-state index contributed by atoms with van der Waals surface area (Å²) >= 11 is 0. The van der Waals surface area contributed by atoms with Crippen LogP contribution in [-0.4, -0.2) is 58.8 Å². The molecule has 0 saturated heterocycles. The molecule has 0 saturated carbocycles. The van der Waals surface area contributed by atoms with Crippen LogP contribution in [0.4, 0.5) is 0 Å². The first-order valence-corrected chi connectivity index (χ1v) is 3.97. The molecule has 0 aromatic carbocycles. The van der Waals surface area contributed by atoms with E-state index in [1.807, 2.05) is 13.8 Å². The van der Waals surface area contributed by atoms with Crippen molar-refractivity contribution < 1.29 is 22.6 Å². The van der Waals surface area contributed by atoms with E-state index in [9.17, 15) is 0 Å². The fourth-order valence-electron chi connectivity index (χ4n) is 0. The monoisotopic (exact) mass is 196 g/mol. The molecule has 0 spiro atoms. The van der Waals surface area contributed by atoms with Crippen molar-refractivity contribution in [2.24, 2.45) is 5.92 Å². The first-order chi connectivity index (χ1) is 4.27. The molecule has 66 valence electrons. The molecule has 0 heterocycles. The third-order valence-corrected chi connectivity index (χ3v) is 0.365. The molecule has 0 aliphatic carbocycles. The Hall–Kier alpha value is 0.830. The van der Waals surface area contributed by atoms with Crippen LogP contribution in [0.15, 0.2) is 0 Å². The fourth-order valence-corrected chi connectivity index (χ4v) is 0. The van der Waals surface area contributed by atoms with E-state index in [1.54, 1.807) is 0 Å². The molecule has 0 aromatic rings. The molecule has 0 amide bonds. The summed E-state index contributed by atoms with van der Waals surface area (Å²) < 4.78 is 31.6. The van der Waals surface area contributed by atoms with E-state index in [4.69, 9.17) is 22.6 Å². The molecule has 0 unspecified atom stereocenters. The molecule has 0 atom stereocenters. The zero-order valence-corrected chi connectivity index (χ0v) is 6.67. The van der Waals surface area contributed by atoms with Crippen molar-refractivity contribution in [2.75, 3.05) is 6.61 Å². The molecule has 3 N–H and O–H groups in total. The molecule has 0 aliphatic heterocycles. The van der Waals surface area contributed by atoms with Crippen LogP contribution in [0.2, 0.25) is 0 Å². The number of aliphatic hydroxyl groups is 1. The quantitative estimate of drug-likeness (QED) is 0.382. The normalized spacial score (nSPS) is 9.64. The number of hydrogen-bond donors (Lipinski definition) is 3. The SMILES string of the molecule is CC(C)CO.O=S(=O)(O)O.[NaH]. The van der Waals surface area contributed by atoms with Gasteiger partial charge >= 0.3 is 40.0 Å². The standard InChI is InChI=1S/C4H10O.Na.H2O4S.H/c1-4(2)3-5;;1-5(2,3)4;/h4-5H,3H2,1-2H3;;(H2,1,2,3,4);. The maximum absolute atomic E-state index is 8.74. The summed E-state index contributed by atoms with van der Waals surface area (Å²) in [6, 6.07) is 0. The summed E-state index contributed by atoms with van der Waals surface area (Å²) in [4.78, 5) is 0. The Morgan fingerprint density at radius 2 is 1.36 bits per heavy atom. The van der Waals surface area contributed by atoms with Crippen molar-refractivity contribution in [3.63, 3.8) is 0 Å². The third kappa shape index (κ3) is 105. The third-order valence-electron chi connectivity index (χ3n) is 0.365. The van der Waals surface area contributed by atoms with Gasteiger partial charge in [0.05, 0.1) is 0 Å². The van der Waals surface area contributed by atoms with E-state index in [1.165, 1.54) is 0 Å². The van der Waals surface area contributed by atoms with Gasteiger partial charge in [0.2, 0.25) is 0 Å². The Morgan fingerprint density at radius 1 is 1.27 bits per heavy atom. The second kappa shape index (κ2) is 8.92. The first-order valence-electron chi connectivity index (χ1n) is 2.58. The molecule has 5 nitrogen and oxygen atoms in total. The number of aliphatic hydroxyl groups excluding tert-OH is 1. The summed E-state index contributed by atoms with van der Waals surface area (Å²) in [5, 5.41) is 8.14. The van der Waals surface area contributed by atoms with Crippen molar-refractivity contribution in [1.29, 1.82) is 0 Å². The molecule has 0 aromatic heterocycles. The van der Waals surface area contributed by atoms with Crippen molar-refractivity contribution >= 4 is 40.0 Å². The van der Waals surface area contributed by atoms with Crippen molar-refractivity contribution in [3.05, 3.63) is 0 Å². The van der Waals surface area contributed by atoms with Crippen LogP contribution in [0.1, 0.15) is 13.8 Å². The molecule has 0 aliphatic rings. The van der Waals surface area contributed by atoms with E-state index < -0.39 is 10.4 Å². The molecule has 11 heavy (non-hydrogen) atoms. The van der Waals surface area contributed by atoms with Gasteiger partial charge in [-0.25, -0.2) is 0 Å². The van der Waals surface area contributed by atoms with Gasteiger partial charge in [-0.15, -0.1) is 0 Å². The molecule has 0 fully saturated rings. The Balaban J connectivity index is -0.000000107. The fraction of sp³-hybridized carbons (Fsp3) is 1.00. The zero-order valence-electron chi connectivity index (χ0n) is 5.85. The van der Waals surface area contributed by atoms with E-state index in [0.29, 0.717) is 12.5 Å². The number of rotatable bonds is 1. The van der Waals surface area contributed by atoms with Crippen LogP contribution in [0.3, 0.4) is 0 Å². The molecular formula is C4H13NaO5S. The van der Waals surface area contributed by atoms with Gasteiger partial charge in [-0.05, 0) is 5.92 Å². The molecule has 7 heteroatoms. The summed E-state index contributed by atoms with van der Waals surface area (Å²) in [6.45, 7) is 4.25. The first kappa shape index (κ1) is 17.8. The average molecular weight is 196 g/mol. The molecule has 0 bridgehead atoms. The van der Waals surface area contributed by atoms with Gasteiger partial charge in [-0.3, -0.25) is 9.11 Å². The Labute approximate surface area is 88.7 Å². The van der Waals surface area contributed by atoms with Crippen LogP contribution in [0.25, 0.3) is 0 Å². The van der Waals surface area contributed by atoms with E-state index in [-0.39, 0.29) is 29.6 Å². The summed E-state index contributed by atoms with van der Waals surface area (Å²) in [5.74, 6) is 0.440. The van der Waals surface area contributed by atoms with Gasteiger partial charge in [-0.2, -0.15) is 8.42 Å². The Bertz CT molecular complexity index is 144. The molecule has 0 rings (SSSR count). The Kier molecular flexibility index (Phi) is 14.4. The Morgan fingerprint density at radius 3 is 1.36 bits per heavy atom. The van der Waals surface area contributed by atoms with Gasteiger partial charge in [0, 0.05) is 6.61 Å². The van der Waals surface area contributed by atoms with Crippen LogP contribution in [0.5, 0.6) is 0 Å². The minimum atomic E-state index is -4.67. The van der Waals surface area contributed by atoms with E-state index >= 15 is 0 Å². The van der Waals surface area contributed by atoms with Crippen molar-refractivity contribution in [3.8, 4) is 0 Å². The second-order valence-electron chi connectivity index (χ2n) is 2.02. The topological polar surface area (TPSA) is 94.8 Å². The van der Waals surface area contributed by atoms with Crippen LogP contribution >= 0.6 is 0 Å². The van der Waals surface area contributed by atoms with Gasteiger partial charge < -0.3 is 5.11 Å². The van der Waals surface area contributed by atoms with Crippen molar-refractivity contribution in [1.82, 2.24) is 0 Å². The van der Waals surface area contributed by atoms with Gasteiger partial charge in [0.15, 0.2) is 0 Å². The number of hydrogen-bond acceptors (Lipinski definition) is 3. The van der Waals surface area contributed by atoms with Gasteiger partial charge in [-0.1, -0.05) is 13.8 Å². The molecular weight excluding hydrogens is 183 g/mol. The van der Waals surface area contributed by atoms with Gasteiger partial charge in [0.25, 0.3) is 0 Å². The zero-order chi connectivity index (χ0) is 8.78. The maximum atomic E-state index is 8.74. The van der Waals surface area contributed by atoms with E-state index in [0.717, 1.165) is 0 Å². The van der Waals surface area contributed by atoms with Crippen LogP contribution in [-0.2, 0) is 10.4 Å². The minimum absolute atomic E-state index is 0. The van der Waals surface area contributed by atoms with E-state index in [2.05, 4.69) is 0 Å². The predicted molar refractivity (Wildman–Crippen MR) is 43.3 cm³/mol. The summed E-state index contributed by atoms with van der Waals surface area (Å²) in [5.41, 5.74) is 0. The summed E-state index contributed by atoms with van der Waals surface area (Å²) in [6.07, 6.45) is 0.